The zero-order chi connectivity index (χ0) is 13.7. The fourth-order valence-electron chi connectivity index (χ4n) is 2.14. The summed E-state index contributed by atoms with van der Waals surface area (Å²) in [6.45, 7) is 0. The van der Waals surface area contributed by atoms with E-state index in [1.807, 2.05) is 12.1 Å². The molecule has 0 saturated heterocycles. The highest BCUT2D eigenvalue weighted by Crippen LogP contribution is 2.31. The van der Waals surface area contributed by atoms with Crippen molar-refractivity contribution in [2.45, 2.75) is 18.8 Å². The van der Waals surface area contributed by atoms with Crippen LogP contribution in [-0.4, -0.2) is 5.33 Å². The van der Waals surface area contributed by atoms with Crippen molar-refractivity contribution in [3.63, 3.8) is 0 Å². The number of benzene rings is 2. The zero-order valence-electron chi connectivity index (χ0n) is 10.5. The number of hydrogen-bond acceptors (Lipinski definition) is 0. The Morgan fingerprint density at radius 2 is 1.74 bits per heavy atom. The predicted molar refractivity (Wildman–Crippen MR) is 85.4 cm³/mol. The molecule has 0 aromatic heterocycles. The van der Waals surface area contributed by atoms with Crippen molar-refractivity contribution in [1.82, 2.24) is 0 Å². The largest absolute Gasteiger partial charge is 0.206 e. The molecule has 0 radical (unpaired) electrons. The lowest BCUT2D eigenvalue weighted by Gasteiger charge is -2.16. The van der Waals surface area contributed by atoms with Gasteiger partial charge in [-0.25, -0.2) is 4.39 Å². The summed E-state index contributed by atoms with van der Waals surface area (Å²) in [4.78, 5) is 0. The van der Waals surface area contributed by atoms with Gasteiger partial charge in [0.25, 0.3) is 0 Å². The third-order valence-electron chi connectivity index (χ3n) is 3.23. The van der Waals surface area contributed by atoms with E-state index < -0.39 is 0 Å². The van der Waals surface area contributed by atoms with Gasteiger partial charge in [-0.2, -0.15) is 0 Å². The number of halogens is 3. The quantitative estimate of drug-likeness (QED) is 0.579. The summed E-state index contributed by atoms with van der Waals surface area (Å²) in [7, 11) is 0. The number of rotatable bonds is 5. The molecule has 19 heavy (non-hydrogen) atoms. The van der Waals surface area contributed by atoms with Crippen LogP contribution < -0.4 is 0 Å². The van der Waals surface area contributed by atoms with Crippen molar-refractivity contribution in [2.24, 2.45) is 0 Å². The summed E-state index contributed by atoms with van der Waals surface area (Å²) in [6, 6.07) is 15.6. The maximum absolute atomic E-state index is 13.6. The summed E-state index contributed by atoms with van der Waals surface area (Å²) in [5.41, 5.74) is 2.36. The Bertz CT molecular complexity index is 526. The van der Waals surface area contributed by atoms with Gasteiger partial charge in [0.1, 0.15) is 5.82 Å². The molecule has 0 fully saturated rings. The lowest BCUT2D eigenvalue weighted by Crippen LogP contribution is -2.04. The van der Waals surface area contributed by atoms with E-state index in [1.165, 1.54) is 11.6 Å². The van der Waals surface area contributed by atoms with Crippen LogP contribution >= 0.6 is 31.9 Å². The Labute approximate surface area is 130 Å². The molecule has 0 aliphatic heterocycles. The van der Waals surface area contributed by atoms with E-state index in [0.29, 0.717) is 10.4 Å². The van der Waals surface area contributed by atoms with Crippen LogP contribution in [0.5, 0.6) is 0 Å². The number of alkyl halides is 1. The standard InChI is InChI=1S/C16H15Br2F/c17-11-13(10-9-12-5-2-1-3-6-12)14-7-4-8-15(19)16(14)18/h1-8,13H,9-11H2. The first kappa shape index (κ1) is 14.7. The first-order chi connectivity index (χ1) is 9.22. The SMILES string of the molecule is Fc1cccc(C(CBr)CCc2ccccc2)c1Br. The molecule has 0 bridgehead atoms. The average molecular weight is 386 g/mol. The van der Waals surface area contributed by atoms with Crippen LogP contribution in [0.3, 0.4) is 0 Å². The molecular weight excluding hydrogens is 371 g/mol. The number of hydrogen-bond donors (Lipinski definition) is 0. The monoisotopic (exact) mass is 384 g/mol. The molecule has 0 nitrogen and oxygen atoms in total. The summed E-state index contributed by atoms with van der Waals surface area (Å²) in [6.07, 6.45) is 2.00. The highest BCUT2D eigenvalue weighted by Gasteiger charge is 2.15. The lowest BCUT2D eigenvalue weighted by atomic mass is 9.94. The van der Waals surface area contributed by atoms with Gasteiger partial charge in [-0.05, 0) is 51.9 Å². The van der Waals surface area contributed by atoms with Gasteiger partial charge in [0, 0.05) is 5.33 Å². The van der Waals surface area contributed by atoms with Crippen LogP contribution in [0.15, 0.2) is 53.0 Å². The zero-order valence-corrected chi connectivity index (χ0v) is 13.6. The average Bonchev–Trinajstić information content (AvgIpc) is 2.45. The molecule has 3 heteroatoms. The molecule has 0 aliphatic carbocycles. The van der Waals surface area contributed by atoms with Crippen molar-refractivity contribution >= 4 is 31.9 Å². The molecule has 0 saturated carbocycles. The Hall–Kier alpha value is -0.670. The Morgan fingerprint density at radius 3 is 2.42 bits per heavy atom. The van der Waals surface area contributed by atoms with E-state index in [9.17, 15) is 4.39 Å². The van der Waals surface area contributed by atoms with Gasteiger partial charge < -0.3 is 0 Å². The summed E-state index contributed by atoms with van der Waals surface area (Å²) < 4.78 is 14.2. The molecular formula is C16H15Br2F. The van der Waals surface area contributed by atoms with Crippen LogP contribution in [0.1, 0.15) is 23.5 Å². The maximum atomic E-state index is 13.6. The van der Waals surface area contributed by atoms with Crippen molar-refractivity contribution in [3.05, 3.63) is 69.9 Å². The summed E-state index contributed by atoms with van der Waals surface area (Å²) in [5.74, 6) is 0.119. The third kappa shape index (κ3) is 3.90. The van der Waals surface area contributed by atoms with Crippen molar-refractivity contribution in [1.29, 1.82) is 0 Å². The second-order valence-electron chi connectivity index (χ2n) is 4.52. The molecule has 0 N–H and O–H groups in total. The summed E-state index contributed by atoms with van der Waals surface area (Å²) >= 11 is 6.89. The molecule has 2 aromatic rings. The molecule has 1 atom stereocenters. The molecule has 0 amide bonds. The van der Waals surface area contributed by atoms with Crippen molar-refractivity contribution in [3.8, 4) is 0 Å². The maximum Gasteiger partial charge on any atom is 0.137 e. The van der Waals surface area contributed by atoms with Crippen molar-refractivity contribution in [2.75, 3.05) is 5.33 Å². The first-order valence-electron chi connectivity index (χ1n) is 6.26. The second-order valence-corrected chi connectivity index (χ2v) is 5.96. The molecule has 100 valence electrons. The van der Waals surface area contributed by atoms with Gasteiger partial charge in [-0.1, -0.05) is 58.4 Å². The number of aryl methyl sites for hydroxylation is 1. The van der Waals surface area contributed by atoms with Crippen LogP contribution in [0.25, 0.3) is 0 Å². The smallest absolute Gasteiger partial charge is 0.137 e. The van der Waals surface area contributed by atoms with Gasteiger partial charge in [-0.15, -0.1) is 0 Å². The van der Waals surface area contributed by atoms with E-state index in [-0.39, 0.29) is 5.82 Å². The van der Waals surface area contributed by atoms with E-state index >= 15 is 0 Å². The highest BCUT2D eigenvalue weighted by molar-refractivity contribution is 9.10. The van der Waals surface area contributed by atoms with Crippen molar-refractivity contribution < 1.29 is 4.39 Å². The second kappa shape index (κ2) is 7.20. The molecule has 0 aliphatic rings. The van der Waals surface area contributed by atoms with E-state index in [4.69, 9.17) is 0 Å². The van der Waals surface area contributed by atoms with E-state index in [1.54, 1.807) is 6.07 Å². The Balaban J connectivity index is 2.10. The minimum absolute atomic E-state index is 0.192. The first-order valence-corrected chi connectivity index (χ1v) is 8.17. The lowest BCUT2D eigenvalue weighted by molar-refractivity contribution is 0.609. The molecule has 2 rings (SSSR count). The van der Waals surface area contributed by atoms with Gasteiger partial charge in [0.05, 0.1) is 4.47 Å². The van der Waals surface area contributed by atoms with Crippen LogP contribution in [0.2, 0.25) is 0 Å². The minimum atomic E-state index is -0.192. The normalized spacial score (nSPS) is 12.4. The Morgan fingerprint density at radius 1 is 1.00 bits per heavy atom. The molecule has 0 spiro atoms. The van der Waals surface area contributed by atoms with Crippen LogP contribution in [0, 0.1) is 5.82 Å². The van der Waals surface area contributed by atoms with Gasteiger partial charge in [0.2, 0.25) is 0 Å². The van der Waals surface area contributed by atoms with E-state index in [0.717, 1.165) is 23.7 Å². The molecule has 0 heterocycles. The predicted octanol–water partition coefficient (Wildman–Crippen LogP) is 5.70. The third-order valence-corrected chi connectivity index (χ3v) is 4.85. The fraction of sp³-hybridized carbons (Fsp3) is 0.250. The Kier molecular flexibility index (Phi) is 5.59. The molecule has 1 unspecified atom stereocenters. The molecule has 2 aromatic carbocycles. The van der Waals surface area contributed by atoms with Gasteiger partial charge in [-0.3, -0.25) is 0 Å². The van der Waals surface area contributed by atoms with Crippen LogP contribution in [0.4, 0.5) is 4.39 Å². The summed E-state index contributed by atoms with van der Waals surface area (Å²) in [5, 5.41) is 0.835. The van der Waals surface area contributed by atoms with E-state index in [2.05, 4.69) is 56.1 Å². The van der Waals surface area contributed by atoms with Crippen LogP contribution in [-0.2, 0) is 6.42 Å². The highest BCUT2D eigenvalue weighted by atomic mass is 79.9. The topological polar surface area (TPSA) is 0 Å². The van der Waals surface area contributed by atoms with Gasteiger partial charge in [0.15, 0.2) is 0 Å². The minimum Gasteiger partial charge on any atom is -0.206 e. The fourth-order valence-corrected chi connectivity index (χ4v) is 3.40. The van der Waals surface area contributed by atoms with Gasteiger partial charge >= 0.3 is 0 Å².